The third-order valence-electron chi connectivity index (χ3n) is 2.78. The fourth-order valence-corrected chi connectivity index (χ4v) is 1.92. The average Bonchev–Trinajstić information content (AvgIpc) is 2.29. The maximum Gasteiger partial charge on any atom is 0.337 e. The van der Waals surface area contributed by atoms with Crippen LogP contribution < -0.4 is 10.6 Å². The van der Waals surface area contributed by atoms with Gasteiger partial charge in [0.2, 0.25) is 0 Å². The summed E-state index contributed by atoms with van der Waals surface area (Å²) in [6, 6.07) is 3.50. The molecule has 16 heavy (non-hydrogen) atoms. The highest BCUT2D eigenvalue weighted by molar-refractivity contribution is 5.87. The lowest BCUT2D eigenvalue weighted by Gasteiger charge is -2.31. The second kappa shape index (κ2) is 4.49. The van der Waals surface area contributed by atoms with Gasteiger partial charge in [0.05, 0.1) is 5.56 Å². The van der Waals surface area contributed by atoms with Gasteiger partial charge in [0.1, 0.15) is 5.82 Å². The van der Waals surface area contributed by atoms with Crippen molar-refractivity contribution in [3.63, 3.8) is 0 Å². The molecule has 86 valence electrons. The molecule has 1 aromatic heterocycles. The topological polar surface area (TPSA) is 79.5 Å². The summed E-state index contributed by atoms with van der Waals surface area (Å²) in [4.78, 5) is 16.9. The lowest BCUT2D eigenvalue weighted by molar-refractivity contribution is 0.0696. The molecule has 2 rings (SSSR count). The van der Waals surface area contributed by atoms with Gasteiger partial charge >= 0.3 is 5.97 Å². The van der Waals surface area contributed by atoms with E-state index in [1.807, 2.05) is 0 Å². The fourth-order valence-electron chi connectivity index (χ4n) is 1.92. The Morgan fingerprint density at radius 1 is 1.56 bits per heavy atom. The number of aromatic nitrogens is 1. The molecule has 1 atom stereocenters. The van der Waals surface area contributed by atoms with Gasteiger partial charge in [-0.2, -0.15) is 0 Å². The standard InChI is InChI=1S/C11H15N3O2/c12-9-2-1-5-14(7-9)10-4-3-8(6-13-10)11(15)16/h3-4,6,9H,1-2,5,7,12H2,(H,15,16). The summed E-state index contributed by atoms with van der Waals surface area (Å²) in [6.45, 7) is 1.73. The van der Waals surface area contributed by atoms with E-state index in [1.165, 1.54) is 6.20 Å². The van der Waals surface area contributed by atoms with Gasteiger partial charge in [0, 0.05) is 25.3 Å². The Bertz CT molecular complexity index is 377. The molecular weight excluding hydrogens is 206 g/mol. The van der Waals surface area contributed by atoms with E-state index >= 15 is 0 Å². The molecule has 2 heterocycles. The number of carboxylic acid groups (broad SMARTS) is 1. The van der Waals surface area contributed by atoms with Crippen molar-refractivity contribution in [2.24, 2.45) is 5.73 Å². The van der Waals surface area contributed by atoms with Gasteiger partial charge in [-0.1, -0.05) is 0 Å². The number of pyridine rings is 1. The second-order valence-corrected chi connectivity index (χ2v) is 4.06. The normalized spacial score (nSPS) is 20.8. The molecule has 0 bridgehead atoms. The Kier molecular flexibility index (Phi) is 3.05. The molecule has 0 aromatic carbocycles. The molecule has 0 radical (unpaired) electrons. The van der Waals surface area contributed by atoms with E-state index in [0.717, 1.165) is 31.7 Å². The minimum absolute atomic E-state index is 0.190. The highest BCUT2D eigenvalue weighted by Gasteiger charge is 2.17. The molecule has 3 N–H and O–H groups in total. The van der Waals surface area contributed by atoms with E-state index in [0.29, 0.717) is 0 Å². The first kappa shape index (κ1) is 10.9. The first-order chi connectivity index (χ1) is 7.66. The highest BCUT2D eigenvalue weighted by atomic mass is 16.4. The van der Waals surface area contributed by atoms with Gasteiger partial charge in [-0.15, -0.1) is 0 Å². The molecule has 0 spiro atoms. The monoisotopic (exact) mass is 221 g/mol. The van der Waals surface area contributed by atoms with Crippen LogP contribution in [0.4, 0.5) is 5.82 Å². The van der Waals surface area contributed by atoms with Crippen molar-refractivity contribution >= 4 is 11.8 Å². The number of rotatable bonds is 2. The lowest BCUT2D eigenvalue weighted by atomic mass is 10.1. The van der Waals surface area contributed by atoms with Crippen LogP contribution in [0.1, 0.15) is 23.2 Å². The Balaban J connectivity index is 2.11. The number of piperidine rings is 1. The van der Waals surface area contributed by atoms with Crippen LogP contribution in [-0.2, 0) is 0 Å². The molecule has 5 nitrogen and oxygen atoms in total. The van der Waals surface area contributed by atoms with E-state index in [1.54, 1.807) is 12.1 Å². The summed E-state index contributed by atoms with van der Waals surface area (Å²) in [7, 11) is 0. The van der Waals surface area contributed by atoms with Crippen molar-refractivity contribution in [3.8, 4) is 0 Å². The van der Waals surface area contributed by atoms with Crippen LogP contribution >= 0.6 is 0 Å². The first-order valence-corrected chi connectivity index (χ1v) is 5.36. The van der Waals surface area contributed by atoms with Crippen LogP contribution in [0.5, 0.6) is 0 Å². The number of hydrogen-bond donors (Lipinski definition) is 2. The van der Waals surface area contributed by atoms with Crippen LogP contribution in [0, 0.1) is 0 Å². The first-order valence-electron chi connectivity index (χ1n) is 5.36. The van der Waals surface area contributed by atoms with E-state index in [4.69, 9.17) is 10.8 Å². The van der Waals surface area contributed by atoms with Crippen LogP contribution in [-0.4, -0.2) is 35.2 Å². The van der Waals surface area contributed by atoms with E-state index in [-0.39, 0.29) is 11.6 Å². The minimum Gasteiger partial charge on any atom is -0.478 e. The van der Waals surface area contributed by atoms with E-state index in [2.05, 4.69) is 9.88 Å². The number of nitrogens with two attached hydrogens (primary N) is 1. The zero-order valence-electron chi connectivity index (χ0n) is 8.97. The maximum atomic E-state index is 10.7. The Hall–Kier alpha value is -1.62. The molecule has 1 fully saturated rings. The van der Waals surface area contributed by atoms with Crippen molar-refractivity contribution in [2.45, 2.75) is 18.9 Å². The van der Waals surface area contributed by atoms with Crippen molar-refractivity contribution in [1.29, 1.82) is 0 Å². The van der Waals surface area contributed by atoms with Gasteiger partial charge in [0.15, 0.2) is 0 Å². The summed E-state index contributed by atoms with van der Waals surface area (Å²) in [5, 5.41) is 8.75. The van der Waals surface area contributed by atoms with Gasteiger partial charge < -0.3 is 15.7 Å². The van der Waals surface area contributed by atoms with E-state index < -0.39 is 5.97 Å². The Labute approximate surface area is 93.9 Å². The highest BCUT2D eigenvalue weighted by Crippen LogP contribution is 2.17. The largest absolute Gasteiger partial charge is 0.478 e. The van der Waals surface area contributed by atoms with Crippen LogP contribution in [0.15, 0.2) is 18.3 Å². The van der Waals surface area contributed by atoms with Crippen molar-refractivity contribution in [1.82, 2.24) is 4.98 Å². The second-order valence-electron chi connectivity index (χ2n) is 4.06. The molecule has 0 saturated carbocycles. The third kappa shape index (κ3) is 2.30. The van der Waals surface area contributed by atoms with Crippen LogP contribution in [0.2, 0.25) is 0 Å². The Morgan fingerprint density at radius 3 is 2.94 bits per heavy atom. The average molecular weight is 221 g/mol. The fraction of sp³-hybridized carbons (Fsp3) is 0.455. The van der Waals surface area contributed by atoms with Gasteiger partial charge in [-0.25, -0.2) is 9.78 Å². The number of aromatic carboxylic acids is 1. The molecule has 0 amide bonds. The van der Waals surface area contributed by atoms with Gasteiger partial charge in [-0.05, 0) is 25.0 Å². The summed E-state index contributed by atoms with van der Waals surface area (Å²) in [6.07, 6.45) is 3.49. The van der Waals surface area contributed by atoms with Crippen molar-refractivity contribution in [2.75, 3.05) is 18.0 Å². The lowest BCUT2D eigenvalue weighted by Crippen LogP contribution is -2.43. The molecule has 1 aliphatic heterocycles. The molecule has 1 aromatic rings. The quantitative estimate of drug-likeness (QED) is 0.768. The zero-order valence-corrected chi connectivity index (χ0v) is 8.97. The van der Waals surface area contributed by atoms with Crippen molar-refractivity contribution in [3.05, 3.63) is 23.9 Å². The number of nitrogens with zero attached hydrogens (tertiary/aromatic N) is 2. The van der Waals surface area contributed by atoms with Crippen LogP contribution in [0.3, 0.4) is 0 Å². The molecule has 1 unspecified atom stereocenters. The predicted molar refractivity (Wildman–Crippen MR) is 60.6 cm³/mol. The summed E-state index contributed by atoms with van der Waals surface area (Å²) in [5.41, 5.74) is 6.09. The maximum absolute atomic E-state index is 10.7. The Morgan fingerprint density at radius 2 is 2.38 bits per heavy atom. The van der Waals surface area contributed by atoms with Gasteiger partial charge in [-0.3, -0.25) is 0 Å². The summed E-state index contributed by atoms with van der Waals surface area (Å²) < 4.78 is 0. The number of carboxylic acids is 1. The van der Waals surface area contributed by atoms with Gasteiger partial charge in [0.25, 0.3) is 0 Å². The summed E-state index contributed by atoms with van der Waals surface area (Å²) >= 11 is 0. The minimum atomic E-state index is -0.950. The molecule has 1 aliphatic rings. The van der Waals surface area contributed by atoms with Crippen LogP contribution in [0.25, 0.3) is 0 Å². The number of hydrogen-bond acceptors (Lipinski definition) is 4. The molecular formula is C11H15N3O2. The SMILES string of the molecule is NC1CCCN(c2ccc(C(=O)O)cn2)C1. The third-order valence-corrected chi connectivity index (χ3v) is 2.78. The summed E-state index contributed by atoms with van der Waals surface area (Å²) in [5.74, 6) is -0.144. The number of carbonyl (C=O) groups is 1. The number of anilines is 1. The molecule has 1 saturated heterocycles. The zero-order chi connectivity index (χ0) is 11.5. The molecule has 5 heteroatoms. The molecule has 0 aliphatic carbocycles. The predicted octanol–water partition coefficient (Wildman–Crippen LogP) is 0.707. The smallest absolute Gasteiger partial charge is 0.337 e. The van der Waals surface area contributed by atoms with E-state index in [9.17, 15) is 4.79 Å². The van der Waals surface area contributed by atoms with Crippen molar-refractivity contribution < 1.29 is 9.90 Å².